The van der Waals surface area contributed by atoms with Crippen LogP contribution >= 0.6 is 0 Å². The molecule has 1 nitrogen and oxygen atoms in total. The van der Waals surface area contributed by atoms with Crippen LogP contribution in [0, 0.1) is 5.82 Å². The van der Waals surface area contributed by atoms with Crippen LogP contribution in [0.1, 0.15) is 47.2 Å². The van der Waals surface area contributed by atoms with E-state index in [0.717, 1.165) is 16.8 Å². The number of rotatable bonds is 5. The van der Waals surface area contributed by atoms with Crippen LogP contribution in [-0.4, -0.2) is 0 Å². The molecular formula is C52H38FN. The number of benzene rings is 8. The maximum atomic E-state index is 14.3. The standard InChI is InChI=1S/C52H38FN/c1-51(2)44-22-12-13-24-48(44)54(49-32-27-37(33-47(49)51)35-15-6-3-7-16-35)41-30-31-43-46(34-41)52(38-17-8-4-9-18-38,39-19-10-5-11-20-39)45-23-14-21-42(50(43)45)36-25-28-40(53)29-26-36/h3-34H,1-2H3. The summed E-state index contributed by atoms with van der Waals surface area (Å²) < 4.78 is 14.3. The fraction of sp³-hybridized carbons (Fsp3) is 0.0769. The third-order valence-corrected chi connectivity index (χ3v) is 11.8. The minimum Gasteiger partial charge on any atom is -0.310 e. The summed E-state index contributed by atoms with van der Waals surface area (Å²) in [5, 5.41) is 0. The lowest BCUT2D eigenvalue weighted by Crippen LogP contribution is -2.31. The number of hydrogen-bond donors (Lipinski definition) is 0. The van der Waals surface area contributed by atoms with Crippen LogP contribution in [0.3, 0.4) is 0 Å². The van der Waals surface area contributed by atoms with E-state index in [4.69, 9.17) is 0 Å². The summed E-state index contributed by atoms with van der Waals surface area (Å²) in [6, 6.07) is 69.0. The zero-order valence-corrected chi connectivity index (χ0v) is 30.3. The van der Waals surface area contributed by atoms with E-state index in [1.54, 1.807) is 12.1 Å². The molecular weight excluding hydrogens is 658 g/mol. The first-order valence-corrected chi connectivity index (χ1v) is 18.7. The molecule has 0 unspecified atom stereocenters. The molecule has 2 heteroatoms. The zero-order chi connectivity index (χ0) is 36.4. The second kappa shape index (κ2) is 12.3. The van der Waals surface area contributed by atoms with Crippen LogP contribution in [0.4, 0.5) is 21.5 Å². The van der Waals surface area contributed by atoms with Crippen molar-refractivity contribution in [2.24, 2.45) is 0 Å². The van der Waals surface area contributed by atoms with Crippen molar-refractivity contribution >= 4 is 17.1 Å². The van der Waals surface area contributed by atoms with Gasteiger partial charge in [0.1, 0.15) is 5.82 Å². The summed E-state index contributed by atoms with van der Waals surface area (Å²) in [7, 11) is 0. The normalized spacial score (nSPS) is 14.5. The highest BCUT2D eigenvalue weighted by molar-refractivity contribution is 5.97. The zero-order valence-electron chi connectivity index (χ0n) is 30.3. The van der Waals surface area contributed by atoms with Crippen molar-refractivity contribution in [3.63, 3.8) is 0 Å². The molecule has 0 bridgehead atoms. The van der Waals surface area contributed by atoms with E-state index < -0.39 is 5.41 Å². The van der Waals surface area contributed by atoms with E-state index in [1.807, 2.05) is 12.1 Å². The number of anilines is 3. The van der Waals surface area contributed by atoms with Crippen LogP contribution in [-0.2, 0) is 10.8 Å². The average Bonchev–Trinajstić information content (AvgIpc) is 3.53. The molecule has 1 aliphatic heterocycles. The largest absolute Gasteiger partial charge is 0.310 e. The number of hydrogen-bond acceptors (Lipinski definition) is 1. The molecule has 1 aliphatic carbocycles. The number of halogens is 1. The lowest BCUT2D eigenvalue weighted by molar-refractivity contribution is 0.628. The summed E-state index contributed by atoms with van der Waals surface area (Å²) in [6.45, 7) is 4.70. The van der Waals surface area contributed by atoms with Gasteiger partial charge in [0.15, 0.2) is 0 Å². The van der Waals surface area contributed by atoms with Crippen molar-refractivity contribution in [3.05, 3.63) is 233 Å². The molecule has 10 rings (SSSR count). The van der Waals surface area contributed by atoms with Crippen LogP contribution in [0.15, 0.2) is 194 Å². The van der Waals surface area contributed by atoms with E-state index in [2.05, 4.69) is 189 Å². The Kier molecular flexibility index (Phi) is 7.32. The molecule has 0 spiro atoms. The highest BCUT2D eigenvalue weighted by atomic mass is 19.1. The molecule has 258 valence electrons. The van der Waals surface area contributed by atoms with Gasteiger partial charge in [0.25, 0.3) is 0 Å². The average molecular weight is 696 g/mol. The number of fused-ring (bicyclic) bond motifs is 5. The van der Waals surface area contributed by atoms with Crippen molar-refractivity contribution < 1.29 is 4.39 Å². The predicted octanol–water partition coefficient (Wildman–Crippen LogP) is 13.6. The third-order valence-electron chi connectivity index (χ3n) is 11.8. The summed E-state index contributed by atoms with van der Waals surface area (Å²) in [6.07, 6.45) is 0. The predicted molar refractivity (Wildman–Crippen MR) is 221 cm³/mol. The summed E-state index contributed by atoms with van der Waals surface area (Å²) in [4.78, 5) is 2.47. The topological polar surface area (TPSA) is 3.24 Å². The quantitative estimate of drug-likeness (QED) is 0.173. The summed E-state index contributed by atoms with van der Waals surface area (Å²) in [5.74, 6) is -0.236. The molecule has 0 amide bonds. The van der Waals surface area contributed by atoms with E-state index in [1.165, 1.54) is 67.0 Å². The Bertz CT molecular complexity index is 2640. The van der Waals surface area contributed by atoms with E-state index >= 15 is 0 Å². The smallest absolute Gasteiger partial charge is 0.123 e. The Balaban J connectivity index is 1.27. The molecule has 8 aromatic rings. The molecule has 54 heavy (non-hydrogen) atoms. The van der Waals surface area contributed by atoms with Crippen molar-refractivity contribution in [1.29, 1.82) is 0 Å². The van der Waals surface area contributed by atoms with Gasteiger partial charge in [-0.1, -0.05) is 166 Å². The highest BCUT2D eigenvalue weighted by Gasteiger charge is 2.47. The number of nitrogens with zero attached hydrogens (tertiary/aromatic N) is 1. The van der Waals surface area contributed by atoms with Gasteiger partial charge in [0.05, 0.1) is 16.8 Å². The van der Waals surface area contributed by atoms with Crippen LogP contribution in [0.2, 0.25) is 0 Å². The molecule has 0 saturated carbocycles. The molecule has 0 saturated heterocycles. The molecule has 0 atom stereocenters. The number of para-hydroxylation sites is 1. The molecule has 2 aliphatic rings. The third kappa shape index (κ3) is 4.69. The minimum absolute atomic E-state index is 0.220. The van der Waals surface area contributed by atoms with Gasteiger partial charge in [0, 0.05) is 11.1 Å². The van der Waals surface area contributed by atoms with Crippen molar-refractivity contribution in [3.8, 4) is 33.4 Å². The van der Waals surface area contributed by atoms with Gasteiger partial charge in [-0.15, -0.1) is 0 Å². The Hall–Kier alpha value is -6.51. The first-order valence-electron chi connectivity index (χ1n) is 18.7. The Morgan fingerprint density at radius 3 is 1.70 bits per heavy atom. The first-order chi connectivity index (χ1) is 26.5. The van der Waals surface area contributed by atoms with Crippen LogP contribution in [0.5, 0.6) is 0 Å². The fourth-order valence-corrected chi connectivity index (χ4v) is 9.33. The monoisotopic (exact) mass is 695 g/mol. The van der Waals surface area contributed by atoms with Crippen molar-refractivity contribution in [2.45, 2.75) is 24.7 Å². The van der Waals surface area contributed by atoms with Crippen molar-refractivity contribution in [2.75, 3.05) is 4.90 Å². The van der Waals surface area contributed by atoms with Crippen LogP contribution < -0.4 is 4.90 Å². The van der Waals surface area contributed by atoms with Gasteiger partial charge >= 0.3 is 0 Å². The lowest BCUT2D eigenvalue weighted by atomic mass is 9.67. The van der Waals surface area contributed by atoms with Gasteiger partial charge in [-0.05, 0) is 109 Å². The molecule has 0 radical (unpaired) electrons. The SMILES string of the molecule is CC1(C)c2ccccc2N(c2ccc3c(c2)C(c2ccccc2)(c2ccccc2)c2cccc(-c4ccc(F)cc4)c2-3)c2ccc(-c3ccccc3)cc21. The van der Waals surface area contributed by atoms with Gasteiger partial charge < -0.3 is 4.90 Å². The van der Waals surface area contributed by atoms with Gasteiger partial charge in [-0.2, -0.15) is 0 Å². The fourth-order valence-electron chi connectivity index (χ4n) is 9.33. The van der Waals surface area contributed by atoms with Gasteiger partial charge in [-0.3, -0.25) is 0 Å². The Morgan fingerprint density at radius 1 is 0.407 bits per heavy atom. The molecule has 1 heterocycles. The van der Waals surface area contributed by atoms with Crippen molar-refractivity contribution in [1.82, 2.24) is 0 Å². The maximum Gasteiger partial charge on any atom is 0.123 e. The summed E-state index contributed by atoms with van der Waals surface area (Å²) in [5.41, 5.74) is 17.0. The maximum absolute atomic E-state index is 14.3. The second-order valence-electron chi connectivity index (χ2n) is 15.0. The highest BCUT2D eigenvalue weighted by Crippen LogP contribution is 2.60. The summed E-state index contributed by atoms with van der Waals surface area (Å²) >= 11 is 0. The Morgan fingerprint density at radius 2 is 1.00 bits per heavy atom. The Labute approximate surface area is 316 Å². The van der Waals surface area contributed by atoms with E-state index in [0.29, 0.717) is 0 Å². The van der Waals surface area contributed by atoms with Gasteiger partial charge in [0.2, 0.25) is 0 Å². The molecule has 8 aromatic carbocycles. The minimum atomic E-state index is -0.603. The molecule has 0 fully saturated rings. The molecule has 0 N–H and O–H groups in total. The molecule has 0 aromatic heterocycles. The second-order valence-corrected chi connectivity index (χ2v) is 15.0. The lowest BCUT2D eigenvalue weighted by Gasteiger charge is -2.42. The van der Waals surface area contributed by atoms with Gasteiger partial charge in [-0.25, -0.2) is 4.39 Å². The van der Waals surface area contributed by atoms with E-state index in [9.17, 15) is 4.39 Å². The van der Waals surface area contributed by atoms with E-state index in [-0.39, 0.29) is 11.2 Å². The first kappa shape index (κ1) is 32.2. The van der Waals surface area contributed by atoms with Crippen LogP contribution in [0.25, 0.3) is 33.4 Å².